The number of hydrogen-bond donors (Lipinski definition) is 1. The molecule has 1 atom stereocenters. The van der Waals surface area contributed by atoms with Gasteiger partial charge >= 0.3 is 0 Å². The Morgan fingerprint density at radius 2 is 1.65 bits per heavy atom. The van der Waals surface area contributed by atoms with E-state index in [0.29, 0.717) is 23.7 Å². The van der Waals surface area contributed by atoms with E-state index in [2.05, 4.69) is 0 Å². The number of benzene rings is 1. The second kappa shape index (κ2) is 5.97. The van der Waals surface area contributed by atoms with Crippen molar-refractivity contribution in [2.45, 2.75) is 12.5 Å². The van der Waals surface area contributed by atoms with Gasteiger partial charge in [0.1, 0.15) is 5.75 Å². The molecule has 0 saturated carbocycles. The van der Waals surface area contributed by atoms with Crippen molar-refractivity contribution in [2.24, 2.45) is 5.73 Å². The molecule has 0 radical (unpaired) electrons. The highest BCUT2D eigenvalue weighted by atomic mass is 16.5. The average molecular weight is 236 g/mol. The van der Waals surface area contributed by atoms with Crippen LogP contribution < -0.4 is 19.9 Å². The molecule has 0 fully saturated rings. The van der Waals surface area contributed by atoms with E-state index in [0.717, 1.165) is 5.56 Å². The summed E-state index contributed by atoms with van der Waals surface area (Å²) in [4.78, 5) is 0. The van der Waals surface area contributed by atoms with Crippen molar-refractivity contribution in [1.29, 1.82) is 5.26 Å². The standard InChI is InChI=1S/C12H16N2O3/c1-15-10-6-12(17-3)11(16-2)5-8(10)4-9(14)7-13/h5-6,9H,4,14H2,1-3H3. The maximum Gasteiger partial charge on any atom is 0.164 e. The minimum absolute atomic E-state index is 0.403. The van der Waals surface area contributed by atoms with Crippen molar-refractivity contribution < 1.29 is 14.2 Å². The molecule has 0 spiro atoms. The summed E-state index contributed by atoms with van der Waals surface area (Å²) in [6, 6.07) is 4.91. The summed E-state index contributed by atoms with van der Waals surface area (Å²) >= 11 is 0. The molecular weight excluding hydrogens is 220 g/mol. The second-order valence-corrected chi connectivity index (χ2v) is 3.46. The van der Waals surface area contributed by atoms with Crippen molar-refractivity contribution >= 4 is 0 Å². The topological polar surface area (TPSA) is 77.5 Å². The van der Waals surface area contributed by atoms with Gasteiger partial charge in [-0.3, -0.25) is 0 Å². The van der Waals surface area contributed by atoms with Crippen molar-refractivity contribution in [1.82, 2.24) is 0 Å². The quantitative estimate of drug-likeness (QED) is 0.828. The highest BCUT2D eigenvalue weighted by Crippen LogP contribution is 2.34. The minimum Gasteiger partial charge on any atom is -0.496 e. The first kappa shape index (κ1) is 13.1. The maximum absolute atomic E-state index is 8.72. The van der Waals surface area contributed by atoms with Gasteiger partial charge in [-0.1, -0.05) is 0 Å². The average Bonchev–Trinajstić information content (AvgIpc) is 2.37. The zero-order valence-electron chi connectivity index (χ0n) is 10.2. The number of ether oxygens (including phenoxy) is 3. The third-order valence-corrected chi connectivity index (χ3v) is 2.39. The molecule has 5 nitrogen and oxygen atoms in total. The highest BCUT2D eigenvalue weighted by molar-refractivity contribution is 5.51. The second-order valence-electron chi connectivity index (χ2n) is 3.46. The van der Waals surface area contributed by atoms with Crippen LogP contribution in [0.5, 0.6) is 17.2 Å². The van der Waals surface area contributed by atoms with Crippen LogP contribution in [0.2, 0.25) is 0 Å². The Labute approximate surface area is 101 Å². The normalized spacial score (nSPS) is 11.5. The Balaban J connectivity index is 3.15. The smallest absolute Gasteiger partial charge is 0.164 e. The number of nitrogens with two attached hydrogens (primary N) is 1. The Morgan fingerprint density at radius 3 is 2.12 bits per heavy atom. The molecule has 1 aromatic rings. The molecule has 0 amide bonds. The van der Waals surface area contributed by atoms with Crippen molar-refractivity contribution in [3.8, 4) is 23.3 Å². The lowest BCUT2D eigenvalue weighted by molar-refractivity contribution is 0.347. The summed E-state index contributed by atoms with van der Waals surface area (Å²) in [5.41, 5.74) is 6.42. The van der Waals surface area contributed by atoms with Crippen LogP contribution in [-0.4, -0.2) is 27.4 Å². The van der Waals surface area contributed by atoms with E-state index in [1.807, 2.05) is 6.07 Å². The predicted molar refractivity (Wildman–Crippen MR) is 63.4 cm³/mol. The fourth-order valence-corrected chi connectivity index (χ4v) is 1.53. The molecule has 1 rings (SSSR count). The van der Waals surface area contributed by atoms with Crippen LogP contribution in [0.15, 0.2) is 12.1 Å². The molecule has 17 heavy (non-hydrogen) atoms. The predicted octanol–water partition coefficient (Wildman–Crippen LogP) is 1.11. The van der Waals surface area contributed by atoms with Gasteiger partial charge in [-0.15, -0.1) is 0 Å². The maximum atomic E-state index is 8.72. The van der Waals surface area contributed by atoms with E-state index in [4.69, 9.17) is 25.2 Å². The summed E-state index contributed by atoms with van der Waals surface area (Å²) in [7, 11) is 4.67. The fourth-order valence-electron chi connectivity index (χ4n) is 1.53. The molecule has 2 N–H and O–H groups in total. The first-order chi connectivity index (χ1) is 8.15. The van der Waals surface area contributed by atoms with E-state index in [9.17, 15) is 0 Å². The third kappa shape index (κ3) is 3.02. The SMILES string of the molecule is COc1cc(OC)c(OC)cc1CC(N)C#N. The number of nitriles is 1. The first-order valence-corrected chi connectivity index (χ1v) is 5.10. The van der Waals surface area contributed by atoms with Crippen LogP contribution in [0, 0.1) is 11.3 Å². The van der Waals surface area contributed by atoms with E-state index >= 15 is 0 Å². The van der Waals surface area contributed by atoms with Gasteiger partial charge in [-0.05, 0) is 6.07 Å². The van der Waals surface area contributed by atoms with Crippen LogP contribution in [0.4, 0.5) is 0 Å². The molecular formula is C12H16N2O3. The van der Waals surface area contributed by atoms with Crippen LogP contribution >= 0.6 is 0 Å². The largest absolute Gasteiger partial charge is 0.496 e. The summed E-state index contributed by atoms with van der Waals surface area (Å²) < 4.78 is 15.6. The van der Waals surface area contributed by atoms with Crippen molar-refractivity contribution in [3.63, 3.8) is 0 Å². The number of hydrogen-bond acceptors (Lipinski definition) is 5. The van der Waals surface area contributed by atoms with E-state index < -0.39 is 6.04 Å². The van der Waals surface area contributed by atoms with Gasteiger partial charge in [-0.25, -0.2) is 0 Å². The zero-order chi connectivity index (χ0) is 12.8. The van der Waals surface area contributed by atoms with Gasteiger partial charge in [0.25, 0.3) is 0 Å². The fraction of sp³-hybridized carbons (Fsp3) is 0.417. The molecule has 92 valence electrons. The lowest BCUT2D eigenvalue weighted by Gasteiger charge is -2.14. The van der Waals surface area contributed by atoms with E-state index in [1.165, 1.54) is 0 Å². The summed E-state index contributed by atoms with van der Waals surface area (Å²) in [5, 5.41) is 8.72. The summed E-state index contributed by atoms with van der Waals surface area (Å²) in [5.74, 6) is 1.81. The molecule has 1 aromatic carbocycles. The highest BCUT2D eigenvalue weighted by Gasteiger charge is 2.14. The molecule has 0 aliphatic rings. The zero-order valence-corrected chi connectivity index (χ0v) is 10.2. The molecule has 0 aromatic heterocycles. The van der Waals surface area contributed by atoms with Gasteiger partial charge in [0.15, 0.2) is 11.5 Å². The lowest BCUT2D eigenvalue weighted by atomic mass is 10.1. The molecule has 0 heterocycles. The van der Waals surface area contributed by atoms with Crippen molar-refractivity contribution in [3.05, 3.63) is 17.7 Å². The molecule has 0 aliphatic carbocycles. The van der Waals surface area contributed by atoms with Crippen LogP contribution in [-0.2, 0) is 6.42 Å². The van der Waals surface area contributed by atoms with Gasteiger partial charge in [0.05, 0.1) is 33.4 Å². The first-order valence-electron chi connectivity index (χ1n) is 5.10. The number of rotatable bonds is 5. The van der Waals surface area contributed by atoms with E-state index in [1.54, 1.807) is 33.5 Å². The number of methoxy groups -OCH3 is 3. The molecule has 5 heteroatoms. The molecule has 0 aliphatic heterocycles. The monoisotopic (exact) mass is 236 g/mol. The minimum atomic E-state index is -0.568. The van der Waals surface area contributed by atoms with Gasteiger partial charge in [0.2, 0.25) is 0 Å². The van der Waals surface area contributed by atoms with Gasteiger partial charge in [0, 0.05) is 18.1 Å². The van der Waals surface area contributed by atoms with E-state index in [-0.39, 0.29) is 0 Å². The summed E-state index contributed by atoms with van der Waals surface area (Å²) in [6.07, 6.45) is 0.403. The number of nitrogens with zero attached hydrogens (tertiary/aromatic N) is 1. The molecule has 0 saturated heterocycles. The Morgan fingerprint density at radius 1 is 1.12 bits per heavy atom. The van der Waals surface area contributed by atoms with Gasteiger partial charge < -0.3 is 19.9 Å². The Bertz CT molecular complexity index is 426. The summed E-state index contributed by atoms with van der Waals surface area (Å²) in [6.45, 7) is 0. The Hall–Kier alpha value is -1.93. The molecule has 1 unspecified atom stereocenters. The molecule has 0 bridgehead atoms. The van der Waals surface area contributed by atoms with Crippen LogP contribution in [0.1, 0.15) is 5.56 Å². The Kier molecular flexibility index (Phi) is 4.61. The lowest BCUT2D eigenvalue weighted by Crippen LogP contribution is -2.20. The van der Waals surface area contributed by atoms with Crippen molar-refractivity contribution in [2.75, 3.05) is 21.3 Å². The third-order valence-electron chi connectivity index (χ3n) is 2.39. The van der Waals surface area contributed by atoms with Crippen LogP contribution in [0.25, 0.3) is 0 Å². The van der Waals surface area contributed by atoms with Gasteiger partial charge in [-0.2, -0.15) is 5.26 Å². The van der Waals surface area contributed by atoms with Crippen LogP contribution in [0.3, 0.4) is 0 Å².